The van der Waals surface area contributed by atoms with Crippen LogP contribution in [0.5, 0.6) is 0 Å². The van der Waals surface area contributed by atoms with Gasteiger partial charge in [-0.3, -0.25) is 4.79 Å². The van der Waals surface area contributed by atoms with Gasteiger partial charge in [-0.1, -0.05) is 36.4 Å². The van der Waals surface area contributed by atoms with Gasteiger partial charge in [0.1, 0.15) is 5.82 Å². The summed E-state index contributed by atoms with van der Waals surface area (Å²) in [4.78, 5) is 19.4. The zero-order valence-electron chi connectivity index (χ0n) is 16.9. The highest BCUT2D eigenvalue weighted by atomic mass is 16.2. The van der Waals surface area contributed by atoms with Crippen molar-refractivity contribution in [2.24, 2.45) is 0 Å². The van der Waals surface area contributed by atoms with Gasteiger partial charge in [0, 0.05) is 25.6 Å². The van der Waals surface area contributed by atoms with Crippen molar-refractivity contribution in [3.8, 4) is 0 Å². The van der Waals surface area contributed by atoms with Crippen LogP contribution in [-0.2, 0) is 11.2 Å². The summed E-state index contributed by atoms with van der Waals surface area (Å²) in [6, 6.07) is 17.3. The number of aromatic nitrogens is 2. The molecule has 1 amide bonds. The summed E-state index contributed by atoms with van der Waals surface area (Å²) in [7, 11) is 0. The molecule has 28 heavy (non-hydrogen) atoms. The smallest absolute Gasteiger partial charge is 0.222 e. The van der Waals surface area contributed by atoms with Gasteiger partial charge in [0.2, 0.25) is 5.91 Å². The molecule has 0 radical (unpaired) electrons. The number of nitrogens with zero attached hydrogens (tertiary/aromatic N) is 3. The second-order valence-electron chi connectivity index (χ2n) is 7.97. The number of fused-ring (bicyclic) bond motifs is 1. The van der Waals surface area contributed by atoms with Crippen LogP contribution in [0.4, 0.5) is 0 Å². The first-order chi connectivity index (χ1) is 13.6. The number of likely N-dealkylation sites (tertiary alicyclic amines) is 1. The van der Waals surface area contributed by atoms with E-state index in [1.807, 2.05) is 6.07 Å². The lowest BCUT2D eigenvalue weighted by molar-refractivity contribution is -0.132. The topological polar surface area (TPSA) is 38.1 Å². The maximum absolute atomic E-state index is 12.6. The third kappa shape index (κ3) is 3.96. The van der Waals surface area contributed by atoms with Crippen LogP contribution in [-0.4, -0.2) is 33.4 Å². The van der Waals surface area contributed by atoms with Crippen LogP contribution in [0, 0.1) is 13.8 Å². The number of piperidine rings is 1. The van der Waals surface area contributed by atoms with Crippen molar-refractivity contribution in [1.82, 2.24) is 14.5 Å². The summed E-state index contributed by atoms with van der Waals surface area (Å²) < 4.78 is 2.39. The van der Waals surface area contributed by atoms with E-state index in [0.29, 0.717) is 18.4 Å². The molecule has 4 nitrogen and oxygen atoms in total. The number of hydrogen-bond donors (Lipinski definition) is 0. The molecule has 0 aliphatic carbocycles. The van der Waals surface area contributed by atoms with Crippen molar-refractivity contribution in [2.45, 2.75) is 52.0 Å². The Labute approximate surface area is 167 Å². The molecule has 0 atom stereocenters. The number of benzene rings is 2. The highest BCUT2D eigenvalue weighted by Gasteiger charge is 2.25. The molecule has 1 aliphatic rings. The van der Waals surface area contributed by atoms with Crippen LogP contribution >= 0.6 is 0 Å². The van der Waals surface area contributed by atoms with Gasteiger partial charge < -0.3 is 9.47 Å². The van der Waals surface area contributed by atoms with Gasteiger partial charge in [0.05, 0.1) is 11.0 Å². The minimum atomic E-state index is 0.303. The van der Waals surface area contributed by atoms with E-state index in [4.69, 9.17) is 4.98 Å². The summed E-state index contributed by atoms with van der Waals surface area (Å²) in [5.41, 5.74) is 4.87. The maximum Gasteiger partial charge on any atom is 0.222 e. The number of carbonyl (C=O) groups excluding carboxylic acids is 1. The molecule has 0 bridgehead atoms. The average molecular weight is 376 g/mol. The number of hydrogen-bond acceptors (Lipinski definition) is 2. The number of imidazole rings is 1. The highest BCUT2D eigenvalue weighted by Crippen LogP contribution is 2.29. The third-order valence-corrected chi connectivity index (χ3v) is 5.90. The molecule has 0 spiro atoms. The van der Waals surface area contributed by atoms with Crippen molar-refractivity contribution in [2.75, 3.05) is 13.1 Å². The van der Waals surface area contributed by atoms with Crippen LogP contribution in [0.15, 0.2) is 48.5 Å². The Hall–Kier alpha value is -2.62. The van der Waals surface area contributed by atoms with E-state index in [-0.39, 0.29) is 0 Å². The number of carbonyl (C=O) groups is 1. The third-order valence-electron chi connectivity index (χ3n) is 5.90. The molecule has 1 saturated heterocycles. The number of rotatable bonds is 5. The standard InChI is InChI=1S/C24H29N3O/c1-18-11-12-22-23(17-18)27(19(2)25-22)21-13-15-26(16-14-21)24(28)10-6-9-20-7-4-3-5-8-20/h3-5,7-8,11-12,17,21H,6,9-10,13-16H2,1-2H3. The van der Waals surface area contributed by atoms with Crippen LogP contribution in [0.3, 0.4) is 0 Å². The summed E-state index contributed by atoms with van der Waals surface area (Å²) in [6.45, 7) is 5.92. The summed E-state index contributed by atoms with van der Waals surface area (Å²) in [5, 5.41) is 0. The van der Waals surface area contributed by atoms with Crippen molar-refractivity contribution in [1.29, 1.82) is 0 Å². The summed E-state index contributed by atoms with van der Waals surface area (Å²) in [5.74, 6) is 1.38. The quantitative estimate of drug-likeness (QED) is 0.640. The lowest BCUT2D eigenvalue weighted by atomic mass is 10.0. The molecule has 146 valence electrons. The first-order valence-corrected chi connectivity index (χ1v) is 10.4. The molecule has 0 saturated carbocycles. The van der Waals surface area contributed by atoms with Crippen LogP contribution < -0.4 is 0 Å². The number of aryl methyl sites for hydroxylation is 3. The monoisotopic (exact) mass is 375 g/mol. The summed E-state index contributed by atoms with van der Waals surface area (Å²) in [6.07, 6.45) is 4.55. The molecule has 2 aromatic carbocycles. The maximum atomic E-state index is 12.6. The SMILES string of the molecule is Cc1ccc2nc(C)n(C3CCN(C(=O)CCCc4ccccc4)CC3)c2c1. The normalized spacial score (nSPS) is 15.3. The molecule has 2 heterocycles. The number of amides is 1. The Balaban J connectivity index is 1.34. The van der Waals surface area contributed by atoms with E-state index in [0.717, 1.165) is 50.1 Å². The fraction of sp³-hybridized carbons (Fsp3) is 0.417. The van der Waals surface area contributed by atoms with E-state index < -0.39 is 0 Å². The highest BCUT2D eigenvalue weighted by molar-refractivity contribution is 5.77. The Morgan fingerprint density at radius 3 is 2.57 bits per heavy atom. The van der Waals surface area contributed by atoms with Gasteiger partial charge in [-0.2, -0.15) is 0 Å². The van der Waals surface area contributed by atoms with E-state index in [1.54, 1.807) is 0 Å². The zero-order chi connectivity index (χ0) is 19.5. The minimum Gasteiger partial charge on any atom is -0.343 e. The van der Waals surface area contributed by atoms with Crippen LogP contribution in [0.2, 0.25) is 0 Å². The Morgan fingerprint density at radius 2 is 1.82 bits per heavy atom. The van der Waals surface area contributed by atoms with Gasteiger partial charge in [0.15, 0.2) is 0 Å². The van der Waals surface area contributed by atoms with E-state index in [2.05, 4.69) is 65.8 Å². The van der Waals surface area contributed by atoms with Crippen LogP contribution in [0.1, 0.15) is 48.7 Å². The minimum absolute atomic E-state index is 0.303. The second kappa shape index (κ2) is 8.17. The van der Waals surface area contributed by atoms with Gasteiger partial charge >= 0.3 is 0 Å². The molecule has 1 aromatic heterocycles. The summed E-state index contributed by atoms with van der Waals surface area (Å²) >= 11 is 0. The fourth-order valence-electron chi connectivity index (χ4n) is 4.40. The molecular weight excluding hydrogens is 346 g/mol. The van der Waals surface area contributed by atoms with E-state index in [9.17, 15) is 4.79 Å². The molecule has 4 rings (SSSR count). The van der Waals surface area contributed by atoms with Crippen molar-refractivity contribution >= 4 is 16.9 Å². The first kappa shape index (κ1) is 18.7. The second-order valence-corrected chi connectivity index (χ2v) is 7.97. The lowest BCUT2D eigenvalue weighted by Gasteiger charge is -2.33. The van der Waals surface area contributed by atoms with Gasteiger partial charge in [-0.25, -0.2) is 4.98 Å². The Bertz CT molecular complexity index is 953. The van der Waals surface area contributed by atoms with Gasteiger partial charge in [-0.15, -0.1) is 0 Å². The van der Waals surface area contributed by atoms with Crippen LogP contribution in [0.25, 0.3) is 11.0 Å². The molecule has 0 unspecified atom stereocenters. The largest absolute Gasteiger partial charge is 0.343 e. The Kier molecular flexibility index (Phi) is 5.47. The molecule has 0 N–H and O–H groups in total. The fourth-order valence-corrected chi connectivity index (χ4v) is 4.40. The van der Waals surface area contributed by atoms with Gasteiger partial charge in [-0.05, 0) is 62.8 Å². The van der Waals surface area contributed by atoms with E-state index >= 15 is 0 Å². The molecule has 1 aliphatic heterocycles. The van der Waals surface area contributed by atoms with Crippen molar-refractivity contribution in [3.05, 3.63) is 65.5 Å². The molecule has 3 aromatic rings. The molecule has 4 heteroatoms. The molecular formula is C24H29N3O. The van der Waals surface area contributed by atoms with E-state index in [1.165, 1.54) is 16.6 Å². The van der Waals surface area contributed by atoms with Crippen molar-refractivity contribution in [3.63, 3.8) is 0 Å². The predicted molar refractivity (Wildman–Crippen MR) is 113 cm³/mol. The zero-order valence-corrected chi connectivity index (χ0v) is 16.9. The average Bonchev–Trinajstić information content (AvgIpc) is 3.04. The first-order valence-electron chi connectivity index (χ1n) is 10.4. The van der Waals surface area contributed by atoms with Gasteiger partial charge in [0.25, 0.3) is 0 Å². The Morgan fingerprint density at radius 1 is 1.07 bits per heavy atom. The molecule has 1 fully saturated rings. The lowest BCUT2D eigenvalue weighted by Crippen LogP contribution is -2.39. The van der Waals surface area contributed by atoms with Crippen molar-refractivity contribution < 1.29 is 4.79 Å². The predicted octanol–water partition coefficient (Wildman–Crippen LogP) is 4.84.